The monoisotopic (exact) mass is 273 g/mol. The molecule has 7 nitrogen and oxygen atoms in total. The van der Waals surface area contributed by atoms with Crippen molar-refractivity contribution in [2.45, 2.75) is 44.2 Å². The Morgan fingerprint density at radius 3 is 2.47 bits per heavy atom. The quantitative estimate of drug-likeness (QED) is 0.290. The summed E-state index contributed by atoms with van der Waals surface area (Å²) in [7, 11) is 1.58. The van der Waals surface area contributed by atoms with E-state index in [1.54, 1.807) is 7.05 Å². The van der Waals surface area contributed by atoms with Gasteiger partial charge in [-0.05, 0) is 39.3 Å². The first-order valence-corrected chi connectivity index (χ1v) is 6.40. The first-order chi connectivity index (χ1) is 9.04. The number of nitrogens with one attached hydrogen (secondary N) is 2. The van der Waals surface area contributed by atoms with Crippen LogP contribution in [0.25, 0.3) is 0 Å². The maximum Gasteiger partial charge on any atom is 0.303 e. The van der Waals surface area contributed by atoms with Gasteiger partial charge in [-0.3, -0.25) is 9.59 Å². The van der Waals surface area contributed by atoms with Gasteiger partial charge in [0.15, 0.2) is 0 Å². The molecule has 1 amide bonds. The minimum absolute atomic E-state index is 0.0993. The average molecular weight is 273 g/mol. The van der Waals surface area contributed by atoms with E-state index >= 15 is 0 Å². The minimum Gasteiger partial charge on any atom is -0.481 e. The Balaban J connectivity index is 4.19. The molecule has 0 aliphatic heterocycles. The molecule has 2 atom stereocenters. The van der Waals surface area contributed by atoms with Crippen LogP contribution in [0.15, 0.2) is 0 Å². The lowest BCUT2D eigenvalue weighted by molar-refractivity contribution is -0.137. The lowest BCUT2D eigenvalue weighted by atomic mass is 10.1. The molecule has 7 heteroatoms. The van der Waals surface area contributed by atoms with Gasteiger partial charge < -0.3 is 26.3 Å². The summed E-state index contributed by atoms with van der Waals surface area (Å²) in [5.74, 6) is -1.31. The number of aliphatic carboxylic acids is 1. The van der Waals surface area contributed by atoms with Crippen LogP contribution in [0.2, 0.25) is 0 Å². The van der Waals surface area contributed by atoms with Gasteiger partial charge in [-0.2, -0.15) is 0 Å². The number of hydrogen-bond acceptors (Lipinski definition) is 5. The summed E-state index contributed by atoms with van der Waals surface area (Å²) < 4.78 is 0. The van der Waals surface area contributed by atoms with E-state index in [-0.39, 0.29) is 18.7 Å². The molecule has 0 aromatic rings. The zero-order valence-electron chi connectivity index (χ0n) is 11.2. The standard InChI is InChI=1S/C12H23N3O4/c1-14-10(5-6-11(17)18)12(19)15-9(8-16)4-2-3-7-13/h8-10,14H,2-7,13H2,1H3,(H,15,19)(H,17,18)/t9-,10-/m1/s1. The van der Waals surface area contributed by atoms with Gasteiger partial charge in [0.1, 0.15) is 6.29 Å². The molecule has 0 saturated heterocycles. The molecule has 0 aliphatic carbocycles. The molecule has 5 N–H and O–H groups in total. The zero-order chi connectivity index (χ0) is 14.7. The summed E-state index contributed by atoms with van der Waals surface area (Å²) in [5.41, 5.74) is 5.35. The Labute approximate surface area is 112 Å². The van der Waals surface area contributed by atoms with E-state index in [9.17, 15) is 14.4 Å². The highest BCUT2D eigenvalue weighted by atomic mass is 16.4. The number of carbonyl (C=O) groups is 3. The Hall–Kier alpha value is -1.47. The number of carbonyl (C=O) groups excluding carboxylic acids is 2. The van der Waals surface area contributed by atoms with Crippen LogP contribution in [0.3, 0.4) is 0 Å². The zero-order valence-corrected chi connectivity index (χ0v) is 11.2. The van der Waals surface area contributed by atoms with Crippen molar-refractivity contribution in [3.8, 4) is 0 Å². The van der Waals surface area contributed by atoms with E-state index in [1.165, 1.54) is 0 Å². The second-order valence-corrected chi connectivity index (χ2v) is 4.31. The van der Waals surface area contributed by atoms with Gasteiger partial charge in [-0.15, -0.1) is 0 Å². The molecule has 0 bridgehead atoms. The van der Waals surface area contributed by atoms with Crippen LogP contribution in [0.5, 0.6) is 0 Å². The predicted octanol–water partition coefficient (Wildman–Crippen LogP) is -0.748. The third-order valence-electron chi connectivity index (χ3n) is 2.77. The molecule has 19 heavy (non-hydrogen) atoms. The Bertz CT molecular complexity index is 297. The normalized spacial score (nSPS) is 13.6. The van der Waals surface area contributed by atoms with Gasteiger partial charge >= 0.3 is 5.97 Å². The fourth-order valence-corrected chi connectivity index (χ4v) is 1.64. The van der Waals surface area contributed by atoms with E-state index < -0.39 is 18.1 Å². The summed E-state index contributed by atoms with van der Waals surface area (Å²) in [4.78, 5) is 33.2. The number of aldehydes is 1. The summed E-state index contributed by atoms with van der Waals surface area (Å²) in [6.07, 6.45) is 2.89. The topological polar surface area (TPSA) is 122 Å². The lowest BCUT2D eigenvalue weighted by Gasteiger charge is -2.18. The average Bonchev–Trinajstić information content (AvgIpc) is 2.38. The first kappa shape index (κ1) is 17.5. The van der Waals surface area contributed by atoms with Crippen molar-refractivity contribution in [1.82, 2.24) is 10.6 Å². The van der Waals surface area contributed by atoms with Crippen LogP contribution in [0, 0.1) is 0 Å². The van der Waals surface area contributed by atoms with Crippen molar-refractivity contribution in [1.29, 1.82) is 0 Å². The van der Waals surface area contributed by atoms with Crippen molar-refractivity contribution in [2.24, 2.45) is 5.73 Å². The Morgan fingerprint density at radius 2 is 2.00 bits per heavy atom. The maximum atomic E-state index is 11.8. The molecule has 0 aromatic heterocycles. The number of carboxylic acid groups (broad SMARTS) is 1. The molecule has 0 spiro atoms. The molecule has 0 saturated carbocycles. The molecule has 0 aromatic carbocycles. The van der Waals surface area contributed by atoms with Crippen molar-refractivity contribution in [2.75, 3.05) is 13.6 Å². The molecule has 110 valence electrons. The van der Waals surface area contributed by atoms with E-state index in [1.807, 2.05) is 0 Å². The van der Waals surface area contributed by atoms with Crippen molar-refractivity contribution in [3.05, 3.63) is 0 Å². The molecular weight excluding hydrogens is 250 g/mol. The van der Waals surface area contributed by atoms with E-state index in [4.69, 9.17) is 10.8 Å². The fourth-order valence-electron chi connectivity index (χ4n) is 1.64. The third kappa shape index (κ3) is 8.28. The number of carboxylic acids is 1. The molecule has 0 radical (unpaired) electrons. The van der Waals surface area contributed by atoms with Crippen LogP contribution in [-0.4, -0.2) is 48.9 Å². The summed E-state index contributed by atoms with van der Waals surface area (Å²) in [6, 6.07) is -1.15. The van der Waals surface area contributed by atoms with Crippen LogP contribution in [0.4, 0.5) is 0 Å². The van der Waals surface area contributed by atoms with Gasteiger partial charge in [0.2, 0.25) is 5.91 Å². The number of unbranched alkanes of at least 4 members (excludes halogenated alkanes) is 1. The SMILES string of the molecule is CN[C@H](CCC(=O)O)C(=O)N[C@@H](C=O)CCCCN. The highest BCUT2D eigenvalue weighted by molar-refractivity contribution is 5.84. The van der Waals surface area contributed by atoms with Gasteiger partial charge in [0.05, 0.1) is 12.1 Å². The molecule has 0 heterocycles. The van der Waals surface area contributed by atoms with Crippen LogP contribution >= 0.6 is 0 Å². The summed E-state index contributed by atoms with van der Waals surface area (Å²) in [5, 5.41) is 13.9. The number of rotatable bonds is 11. The van der Waals surface area contributed by atoms with E-state index in [0.29, 0.717) is 19.3 Å². The number of nitrogens with two attached hydrogens (primary N) is 1. The fraction of sp³-hybridized carbons (Fsp3) is 0.750. The van der Waals surface area contributed by atoms with Crippen molar-refractivity contribution >= 4 is 18.2 Å². The number of amides is 1. The van der Waals surface area contributed by atoms with Gasteiger partial charge in [-0.1, -0.05) is 0 Å². The smallest absolute Gasteiger partial charge is 0.303 e. The van der Waals surface area contributed by atoms with Crippen molar-refractivity contribution < 1.29 is 19.5 Å². The highest BCUT2D eigenvalue weighted by Gasteiger charge is 2.20. The van der Waals surface area contributed by atoms with Gasteiger partial charge in [-0.25, -0.2) is 0 Å². The molecule has 0 aliphatic rings. The van der Waals surface area contributed by atoms with E-state index in [2.05, 4.69) is 10.6 Å². The number of hydrogen-bond donors (Lipinski definition) is 4. The van der Waals surface area contributed by atoms with Gasteiger partial charge in [0.25, 0.3) is 0 Å². The minimum atomic E-state index is -0.956. The second-order valence-electron chi connectivity index (χ2n) is 4.31. The van der Waals surface area contributed by atoms with Crippen LogP contribution in [-0.2, 0) is 14.4 Å². The molecule has 0 rings (SSSR count). The Kier molecular flexibility index (Phi) is 9.64. The summed E-state index contributed by atoms with van der Waals surface area (Å²) in [6.45, 7) is 0.553. The summed E-state index contributed by atoms with van der Waals surface area (Å²) >= 11 is 0. The predicted molar refractivity (Wildman–Crippen MR) is 70.6 cm³/mol. The van der Waals surface area contributed by atoms with Crippen LogP contribution < -0.4 is 16.4 Å². The molecule has 0 fully saturated rings. The van der Waals surface area contributed by atoms with Gasteiger partial charge in [0, 0.05) is 6.42 Å². The number of likely N-dealkylation sites (N-methyl/N-ethyl adjacent to an activating group) is 1. The first-order valence-electron chi connectivity index (χ1n) is 6.40. The molecular formula is C12H23N3O4. The Morgan fingerprint density at radius 1 is 1.32 bits per heavy atom. The lowest BCUT2D eigenvalue weighted by Crippen LogP contribution is -2.47. The largest absolute Gasteiger partial charge is 0.481 e. The van der Waals surface area contributed by atoms with Crippen molar-refractivity contribution in [3.63, 3.8) is 0 Å². The third-order valence-corrected chi connectivity index (χ3v) is 2.77. The van der Waals surface area contributed by atoms with E-state index in [0.717, 1.165) is 12.8 Å². The maximum absolute atomic E-state index is 11.8. The molecule has 0 unspecified atom stereocenters. The highest BCUT2D eigenvalue weighted by Crippen LogP contribution is 2.01. The van der Waals surface area contributed by atoms with Crippen LogP contribution in [0.1, 0.15) is 32.1 Å². The second kappa shape index (κ2) is 10.5.